The van der Waals surface area contributed by atoms with Crippen molar-refractivity contribution in [3.05, 3.63) is 94.1 Å². The van der Waals surface area contributed by atoms with Gasteiger partial charge in [-0.05, 0) is 78.8 Å². The molecular weight excluding hydrogens is 639 g/mol. The monoisotopic (exact) mass is 666 g/mol. The van der Waals surface area contributed by atoms with Crippen LogP contribution < -0.4 is 14.6 Å². The van der Waals surface area contributed by atoms with Gasteiger partial charge in [-0.15, -0.1) is 11.3 Å². The first-order valence-electron chi connectivity index (χ1n) is 14.1. The normalized spacial score (nSPS) is 13.2. The molecule has 46 heavy (non-hydrogen) atoms. The van der Waals surface area contributed by atoms with E-state index >= 15 is 4.39 Å². The minimum absolute atomic E-state index is 0.132. The Kier molecular flexibility index (Phi) is 8.35. The molecule has 3 N–H and O–H groups in total. The van der Waals surface area contributed by atoms with Crippen molar-refractivity contribution in [2.75, 3.05) is 14.2 Å². The molecule has 1 fully saturated rings. The Morgan fingerprint density at radius 2 is 1.74 bits per heavy atom. The minimum Gasteiger partial charge on any atom is -0.497 e. The van der Waals surface area contributed by atoms with E-state index in [0.29, 0.717) is 56.9 Å². The summed E-state index contributed by atoms with van der Waals surface area (Å²) in [6, 6.07) is 13.3. The van der Waals surface area contributed by atoms with Gasteiger partial charge in [-0.3, -0.25) is 0 Å². The number of carboxylic acids is 1. The Morgan fingerprint density at radius 1 is 1.02 bits per heavy atom. The van der Waals surface area contributed by atoms with Gasteiger partial charge < -0.3 is 14.6 Å². The SMILES string of the molecule is COc1cc(OC)cc(-c2cc(-c3nn(-c4nc(C(=O)O)cs4)c(CC4CC4)c3Cc3ccc(S(N)(=O)=O)c(F)c3)ccc2F)c1. The van der Waals surface area contributed by atoms with Crippen molar-refractivity contribution >= 4 is 27.3 Å². The van der Waals surface area contributed by atoms with Gasteiger partial charge in [0.05, 0.1) is 25.6 Å². The number of benzene rings is 3. The molecule has 238 valence electrons. The number of methoxy groups -OCH3 is 2. The van der Waals surface area contributed by atoms with Gasteiger partial charge in [-0.2, -0.15) is 5.10 Å². The van der Waals surface area contributed by atoms with Crippen molar-refractivity contribution in [1.29, 1.82) is 0 Å². The highest BCUT2D eigenvalue weighted by molar-refractivity contribution is 7.89. The number of hydrogen-bond acceptors (Lipinski definition) is 8. The van der Waals surface area contributed by atoms with Crippen molar-refractivity contribution in [3.8, 4) is 39.0 Å². The number of thiazole rings is 1. The number of carboxylic acid groups (broad SMARTS) is 1. The Labute approximate surface area is 267 Å². The van der Waals surface area contributed by atoms with Crippen molar-refractivity contribution in [3.63, 3.8) is 0 Å². The average molecular weight is 667 g/mol. The topological polar surface area (TPSA) is 147 Å². The maximum atomic E-state index is 15.4. The van der Waals surface area contributed by atoms with Gasteiger partial charge >= 0.3 is 5.97 Å². The first-order chi connectivity index (χ1) is 21.9. The lowest BCUT2D eigenvalue weighted by Crippen LogP contribution is -2.14. The third-order valence-corrected chi connectivity index (χ3v) is 9.51. The molecule has 0 unspecified atom stereocenters. The smallest absolute Gasteiger partial charge is 0.355 e. The Morgan fingerprint density at radius 3 is 2.33 bits per heavy atom. The second-order valence-corrected chi connectivity index (χ2v) is 13.3. The van der Waals surface area contributed by atoms with E-state index in [1.807, 2.05) is 0 Å². The molecular formula is C32H28F2N4O6S2. The summed E-state index contributed by atoms with van der Waals surface area (Å²) in [4.78, 5) is 15.3. The predicted octanol–water partition coefficient (Wildman–Crippen LogP) is 5.85. The van der Waals surface area contributed by atoms with E-state index in [4.69, 9.17) is 19.7 Å². The predicted molar refractivity (Wildman–Crippen MR) is 167 cm³/mol. The first kappa shape index (κ1) is 31.3. The number of nitrogens with two attached hydrogens (primary N) is 1. The number of primary sulfonamides is 1. The number of aromatic nitrogens is 3. The maximum Gasteiger partial charge on any atom is 0.355 e. The van der Waals surface area contributed by atoms with E-state index in [-0.39, 0.29) is 17.7 Å². The second kappa shape index (κ2) is 12.3. The molecule has 0 atom stereocenters. The Hall–Kier alpha value is -4.66. The quantitative estimate of drug-likeness (QED) is 0.179. The maximum absolute atomic E-state index is 15.4. The number of carbonyl (C=O) groups is 1. The van der Waals surface area contributed by atoms with E-state index < -0.39 is 32.5 Å². The number of sulfonamides is 1. The van der Waals surface area contributed by atoms with Crippen LogP contribution in [0.1, 0.15) is 40.2 Å². The summed E-state index contributed by atoms with van der Waals surface area (Å²) in [5, 5.41) is 21.3. The zero-order chi connectivity index (χ0) is 32.7. The summed E-state index contributed by atoms with van der Waals surface area (Å²) in [5.41, 5.74) is 3.50. The number of rotatable bonds is 11. The molecule has 6 rings (SSSR count). The van der Waals surface area contributed by atoms with Crippen LogP contribution in [0, 0.1) is 17.6 Å². The van der Waals surface area contributed by atoms with Crippen molar-refractivity contribution in [1.82, 2.24) is 14.8 Å². The van der Waals surface area contributed by atoms with Crippen molar-refractivity contribution < 1.29 is 36.6 Å². The number of ether oxygens (including phenoxy) is 2. The number of nitrogens with zero attached hydrogens (tertiary/aromatic N) is 3. The van der Waals surface area contributed by atoms with E-state index in [1.54, 1.807) is 35.0 Å². The van der Waals surface area contributed by atoms with Crippen LogP contribution in [0.15, 0.2) is 64.9 Å². The fourth-order valence-electron chi connectivity index (χ4n) is 5.27. The molecule has 2 heterocycles. The van der Waals surface area contributed by atoms with Gasteiger partial charge in [0.25, 0.3) is 0 Å². The molecule has 14 heteroatoms. The van der Waals surface area contributed by atoms with Crippen LogP contribution >= 0.6 is 11.3 Å². The van der Waals surface area contributed by atoms with Crippen LogP contribution in [-0.2, 0) is 22.9 Å². The van der Waals surface area contributed by atoms with Crippen LogP contribution in [0.2, 0.25) is 0 Å². The van der Waals surface area contributed by atoms with E-state index in [0.717, 1.165) is 42.0 Å². The largest absolute Gasteiger partial charge is 0.497 e. The van der Waals surface area contributed by atoms with Gasteiger partial charge in [0.2, 0.25) is 15.2 Å². The molecule has 0 spiro atoms. The molecule has 3 aromatic carbocycles. The lowest BCUT2D eigenvalue weighted by atomic mass is 9.94. The minimum atomic E-state index is -4.27. The Balaban J connectivity index is 1.55. The van der Waals surface area contributed by atoms with Crippen molar-refractivity contribution in [2.24, 2.45) is 11.1 Å². The fraction of sp³-hybridized carbons (Fsp3) is 0.219. The van der Waals surface area contributed by atoms with Gasteiger partial charge in [-0.25, -0.2) is 36.8 Å². The molecule has 2 aromatic heterocycles. The van der Waals surface area contributed by atoms with Crippen LogP contribution in [0.25, 0.3) is 27.5 Å². The molecule has 0 radical (unpaired) electrons. The van der Waals surface area contributed by atoms with E-state index in [2.05, 4.69) is 4.98 Å². The standard InChI is InChI=1S/C32H28F2N4O6S2/c1-43-21-12-20(13-22(15-21)44-2)23-14-19(6-7-25(23)33)30-24(9-18-5-8-29(26(34)10-18)46(35,41)42)28(11-17-3-4-17)38(37-30)32-36-27(16-45-32)31(39)40/h5-8,10,12-17H,3-4,9,11H2,1-2H3,(H,39,40)(H2,35,41,42). The Bertz CT molecular complexity index is 2070. The third-order valence-electron chi connectivity index (χ3n) is 7.75. The highest BCUT2D eigenvalue weighted by atomic mass is 32.2. The van der Waals surface area contributed by atoms with Gasteiger partial charge in [0.15, 0.2) is 5.69 Å². The highest BCUT2D eigenvalue weighted by Gasteiger charge is 2.30. The summed E-state index contributed by atoms with van der Waals surface area (Å²) in [6.45, 7) is 0. The van der Waals surface area contributed by atoms with Gasteiger partial charge in [0.1, 0.15) is 28.0 Å². The zero-order valence-corrected chi connectivity index (χ0v) is 26.3. The highest BCUT2D eigenvalue weighted by Crippen LogP contribution is 2.40. The molecule has 0 amide bonds. The summed E-state index contributed by atoms with van der Waals surface area (Å²) >= 11 is 1.11. The summed E-state index contributed by atoms with van der Waals surface area (Å²) in [6.07, 6.45) is 2.71. The van der Waals surface area contributed by atoms with Crippen molar-refractivity contribution in [2.45, 2.75) is 30.6 Å². The molecule has 10 nitrogen and oxygen atoms in total. The molecule has 1 aliphatic carbocycles. The van der Waals surface area contributed by atoms with E-state index in [1.165, 1.54) is 31.7 Å². The number of hydrogen-bond donors (Lipinski definition) is 2. The molecule has 1 aliphatic rings. The summed E-state index contributed by atoms with van der Waals surface area (Å²) in [7, 11) is -1.28. The lowest BCUT2D eigenvalue weighted by molar-refractivity contribution is 0.0691. The molecule has 0 bridgehead atoms. The summed E-state index contributed by atoms with van der Waals surface area (Å²) < 4.78 is 66.4. The third kappa shape index (κ3) is 6.36. The lowest BCUT2D eigenvalue weighted by Gasteiger charge is -2.12. The van der Waals surface area contributed by atoms with E-state index in [9.17, 15) is 22.7 Å². The molecule has 0 aliphatic heterocycles. The average Bonchev–Trinajstić information content (AvgIpc) is 3.58. The zero-order valence-electron chi connectivity index (χ0n) is 24.7. The summed E-state index contributed by atoms with van der Waals surface area (Å²) in [5.74, 6) is -1.36. The first-order valence-corrected chi connectivity index (χ1v) is 16.5. The second-order valence-electron chi connectivity index (χ2n) is 10.9. The molecule has 5 aromatic rings. The van der Waals surface area contributed by atoms with Gasteiger partial charge in [-0.1, -0.05) is 6.07 Å². The molecule has 1 saturated carbocycles. The number of halogens is 2. The van der Waals surface area contributed by atoms with Crippen LogP contribution in [0.4, 0.5) is 8.78 Å². The fourth-order valence-corrected chi connectivity index (χ4v) is 6.63. The molecule has 0 saturated heterocycles. The number of aromatic carboxylic acids is 1. The van der Waals surface area contributed by atoms with Crippen LogP contribution in [0.3, 0.4) is 0 Å². The van der Waals surface area contributed by atoms with Gasteiger partial charge in [0, 0.05) is 34.6 Å². The van der Waals surface area contributed by atoms with Crippen LogP contribution in [-0.4, -0.2) is 48.5 Å². The van der Waals surface area contributed by atoms with Crippen LogP contribution in [0.5, 0.6) is 11.5 Å².